The molecule has 0 fully saturated rings. The lowest BCUT2D eigenvalue weighted by atomic mass is 10.0. The summed E-state index contributed by atoms with van der Waals surface area (Å²) in [5.41, 5.74) is 1.51. The molecule has 0 radical (unpaired) electrons. The maximum Gasteiger partial charge on any atom is 0.266 e. The smallest absolute Gasteiger partial charge is 0.266 e. The van der Waals surface area contributed by atoms with Gasteiger partial charge in [0.05, 0.1) is 23.9 Å². The van der Waals surface area contributed by atoms with E-state index in [0.717, 1.165) is 0 Å². The molecule has 0 aliphatic carbocycles. The van der Waals surface area contributed by atoms with Gasteiger partial charge in [-0.25, -0.2) is 0 Å². The van der Waals surface area contributed by atoms with Crippen molar-refractivity contribution in [3.8, 4) is 11.8 Å². The summed E-state index contributed by atoms with van der Waals surface area (Å²) in [5.74, 6) is -0.979. The summed E-state index contributed by atoms with van der Waals surface area (Å²) < 4.78 is 5.36. The molecule has 0 saturated heterocycles. The third kappa shape index (κ3) is 4.50. The Hall–Kier alpha value is -3.92. The molecule has 1 heterocycles. The molecule has 0 saturated carbocycles. The zero-order valence-electron chi connectivity index (χ0n) is 16.1. The molecule has 2 aromatic carbocycles. The molecule has 146 valence electrons. The summed E-state index contributed by atoms with van der Waals surface area (Å²) in [6, 6.07) is 17.7. The van der Waals surface area contributed by atoms with E-state index in [1.165, 1.54) is 11.1 Å². The average molecular weight is 388 g/mol. The van der Waals surface area contributed by atoms with Crippen LogP contribution >= 0.6 is 0 Å². The topological polar surface area (TPSA) is 94.8 Å². The first kappa shape index (κ1) is 19.8. The summed E-state index contributed by atoms with van der Waals surface area (Å²) in [7, 11) is 0. The minimum Gasteiger partial charge on any atom is -0.494 e. The van der Waals surface area contributed by atoms with Gasteiger partial charge in [-0.2, -0.15) is 15.4 Å². The average Bonchev–Trinajstić information content (AvgIpc) is 3.02. The van der Waals surface area contributed by atoms with E-state index in [9.17, 15) is 14.9 Å². The number of carbonyl (C=O) groups is 2. The first-order valence-electron chi connectivity index (χ1n) is 9.13. The second-order valence-corrected chi connectivity index (χ2v) is 6.31. The van der Waals surface area contributed by atoms with Crippen molar-refractivity contribution in [3.05, 3.63) is 66.2 Å². The van der Waals surface area contributed by atoms with Crippen LogP contribution < -0.4 is 15.1 Å². The van der Waals surface area contributed by atoms with Gasteiger partial charge in [0.2, 0.25) is 0 Å². The number of ether oxygens (including phenoxy) is 1. The molecule has 0 bridgehead atoms. The van der Waals surface area contributed by atoms with Gasteiger partial charge in [-0.05, 0) is 56.3 Å². The van der Waals surface area contributed by atoms with Crippen LogP contribution in [0.2, 0.25) is 0 Å². The second kappa shape index (κ2) is 8.85. The van der Waals surface area contributed by atoms with Crippen LogP contribution in [0.5, 0.6) is 5.75 Å². The molecule has 1 aliphatic heterocycles. The van der Waals surface area contributed by atoms with E-state index in [1.807, 2.05) is 31.2 Å². The van der Waals surface area contributed by atoms with Crippen LogP contribution in [0.3, 0.4) is 0 Å². The maximum absolute atomic E-state index is 12.8. The Morgan fingerprint density at radius 1 is 1.24 bits per heavy atom. The number of nitriles is 1. The van der Waals surface area contributed by atoms with Crippen molar-refractivity contribution < 1.29 is 14.3 Å². The lowest BCUT2D eigenvalue weighted by Gasteiger charge is -2.13. The van der Waals surface area contributed by atoms with E-state index < -0.39 is 11.8 Å². The van der Waals surface area contributed by atoms with Crippen molar-refractivity contribution >= 4 is 28.9 Å². The predicted molar refractivity (Wildman–Crippen MR) is 110 cm³/mol. The fraction of sp³-hybridized carbons (Fsp3) is 0.182. The first-order valence-corrected chi connectivity index (χ1v) is 9.13. The third-order valence-corrected chi connectivity index (χ3v) is 4.30. The Morgan fingerprint density at radius 2 is 1.93 bits per heavy atom. The van der Waals surface area contributed by atoms with Crippen LogP contribution in [-0.4, -0.2) is 24.1 Å². The van der Waals surface area contributed by atoms with Crippen molar-refractivity contribution in [1.82, 2.24) is 0 Å². The Bertz CT molecular complexity index is 1000. The summed E-state index contributed by atoms with van der Waals surface area (Å²) in [5, 5.41) is 17.7. The zero-order valence-corrected chi connectivity index (χ0v) is 16.1. The van der Waals surface area contributed by atoms with Crippen molar-refractivity contribution in [2.24, 2.45) is 11.0 Å². The highest BCUT2D eigenvalue weighted by Crippen LogP contribution is 2.25. The molecule has 29 heavy (non-hydrogen) atoms. The molecule has 1 aliphatic rings. The molecule has 1 atom stereocenters. The Kier molecular flexibility index (Phi) is 6.05. The van der Waals surface area contributed by atoms with Crippen molar-refractivity contribution in [3.63, 3.8) is 0 Å². The molecule has 7 heteroatoms. The van der Waals surface area contributed by atoms with Crippen molar-refractivity contribution in [2.75, 3.05) is 16.9 Å². The molecular formula is C22H20N4O3. The highest BCUT2D eigenvalue weighted by Gasteiger charge is 2.33. The van der Waals surface area contributed by atoms with E-state index >= 15 is 0 Å². The quantitative estimate of drug-likeness (QED) is 0.605. The molecule has 3 rings (SSSR count). The Balaban J connectivity index is 1.75. The fourth-order valence-electron chi connectivity index (χ4n) is 2.86. The highest BCUT2D eigenvalue weighted by molar-refractivity contribution is 6.17. The Labute approximate surface area is 168 Å². The van der Waals surface area contributed by atoms with Gasteiger partial charge >= 0.3 is 0 Å². The minimum atomic E-state index is -0.768. The SMILES string of the molecule is CCOc1ccc(NC(=O)/C(C#N)=C\[C@@H]2C(=O)N(c3ccccc3)N=C2C)cc1. The molecule has 0 unspecified atom stereocenters. The van der Waals surface area contributed by atoms with Crippen molar-refractivity contribution in [2.45, 2.75) is 13.8 Å². The number of rotatable bonds is 6. The molecule has 0 aromatic heterocycles. The zero-order chi connectivity index (χ0) is 20.8. The number of hydrogen-bond acceptors (Lipinski definition) is 5. The maximum atomic E-state index is 12.8. The van der Waals surface area contributed by atoms with E-state index in [-0.39, 0.29) is 11.5 Å². The fourth-order valence-corrected chi connectivity index (χ4v) is 2.86. The number of carbonyl (C=O) groups excluding carboxylic acids is 2. The number of nitrogens with zero attached hydrogens (tertiary/aromatic N) is 3. The molecular weight excluding hydrogens is 368 g/mol. The highest BCUT2D eigenvalue weighted by atomic mass is 16.5. The van der Waals surface area contributed by atoms with Gasteiger partial charge in [0.1, 0.15) is 17.4 Å². The van der Waals surface area contributed by atoms with E-state index in [1.54, 1.807) is 43.3 Å². The van der Waals surface area contributed by atoms with Gasteiger partial charge in [0, 0.05) is 5.69 Å². The van der Waals surface area contributed by atoms with Gasteiger partial charge in [0.25, 0.3) is 11.8 Å². The number of benzene rings is 2. The number of anilines is 2. The monoisotopic (exact) mass is 388 g/mol. The van der Waals surface area contributed by atoms with E-state index in [0.29, 0.717) is 29.4 Å². The summed E-state index contributed by atoms with van der Waals surface area (Å²) in [6.07, 6.45) is 1.36. The normalized spacial score (nSPS) is 16.2. The van der Waals surface area contributed by atoms with Crippen molar-refractivity contribution in [1.29, 1.82) is 5.26 Å². The van der Waals surface area contributed by atoms with Gasteiger partial charge < -0.3 is 10.1 Å². The standard InChI is InChI=1S/C22H20N4O3/c1-3-29-19-11-9-17(10-12-19)24-21(27)16(14-23)13-20-15(2)25-26(22(20)28)18-7-5-4-6-8-18/h4-13,20H,3H2,1-2H3,(H,24,27)/b16-13-/t20-/m0/s1. The van der Waals surface area contributed by atoms with Crippen LogP contribution in [0.15, 0.2) is 71.3 Å². The van der Waals surface area contributed by atoms with Gasteiger partial charge in [0.15, 0.2) is 0 Å². The number of hydrogen-bond donors (Lipinski definition) is 1. The van der Waals surface area contributed by atoms with Crippen LogP contribution in [0.4, 0.5) is 11.4 Å². The summed E-state index contributed by atoms with van der Waals surface area (Å²) >= 11 is 0. The van der Waals surface area contributed by atoms with Crippen LogP contribution in [0, 0.1) is 17.2 Å². The number of para-hydroxylation sites is 1. The minimum absolute atomic E-state index is 0.151. The lowest BCUT2D eigenvalue weighted by molar-refractivity contribution is -0.118. The number of hydrazone groups is 1. The number of amides is 2. The van der Waals surface area contributed by atoms with Crippen LogP contribution in [0.25, 0.3) is 0 Å². The molecule has 2 aromatic rings. The first-order chi connectivity index (χ1) is 14.0. The molecule has 7 nitrogen and oxygen atoms in total. The second-order valence-electron chi connectivity index (χ2n) is 6.31. The molecule has 2 amide bonds. The largest absolute Gasteiger partial charge is 0.494 e. The van der Waals surface area contributed by atoms with Gasteiger partial charge in [-0.15, -0.1) is 0 Å². The van der Waals surface area contributed by atoms with Gasteiger partial charge in [-0.3, -0.25) is 9.59 Å². The number of nitrogens with one attached hydrogen (secondary N) is 1. The van der Waals surface area contributed by atoms with E-state index in [4.69, 9.17) is 4.74 Å². The molecule has 0 spiro atoms. The third-order valence-electron chi connectivity index (χ3n) is 4.30. The molecule has 1 N–H and O–H groups in total. The lowest BCUT2D eigenvalue weighted by Crippen LogP contribution is -2.27. The summed E-state index contributed by atoms with van der Waals surface area (Å²) in [4.78, 5) is 25.3. The summed E-state index contributed by atoms with van der Waals surface area (Å²) in [6.45, 7) is 4.12. The predicted octanol–water partition coefficient (Wildman–Crippen LogP) is 3.51. The van der Waals surface area contributed by atoms with Crippen LogP contribution in [-0.2, 0) is 9.59 Å². The van der Waals surface area contributed by atoms with Crippen LogP contribution in [0.1, 0.15) is 13.8 Å². The van der Waals surface area contributed by atoms with Gasteiger partial charge in [-0.1, -0.05) is 18.2 Å². The Morgan fingerprint density at radius 3 is 2.55 bits per heavy atom. The van der Waals surface area contributed by atoms with E-state index in [2.05, 4.69) is 10.4 Å².